The quantitative estimate of drug-likeness (QED) is 0.663. The summed E-state index contributed by atoms with van der Waals surface area (Å²) >= 11 is 3.31. The predicted molar refractivity (Wildman–Crippen MR) is 65.7 cm³/mol. The molecule has 0 saturated carbocycles. The minimum absolute atomic E-state index is 0.0430. The van der Waals surface area contributed by atoms with E-state index in [-0.39, 0.29) is 5.91 Å². The van der Waals surface area contributed by atoms with E-state index in [2.05, 4.69) is 15.9 Å². The van der Waals surface area contributed by atoms with Gasteiger partial charge in [0, 0.05) is 6.54 Å². The average molecular weight is 285 g/mol. The molecule has 16 heavy (non-hydrogen) atoms. The lowest BCUT2D eigenvalue weighted by molar-refractivity contribution is -0.125. The molecule has 1 amide bonds. The number of alkyl halides is 1. The van der Waals surface area contributed by atoms with Gasteiger partial charge in [-0.3, -0.25) is 9.69 Å². The van der Waals surface area contributed by atoms with Gasteiger partial charge in [-0.15, -0.1) is 0 Å². The molecule has 0 bridgehead atoms. The second-order valence-electron chi connectivity index (χ2n) is 3.65. The Morgan fingerprint density at radius 2 is 2.31 bits per heavy atom. The maximum atomic E-state index is 11.9. The van der Waals surface area contributed by atoms with E-state index < -0.39 is 6.10 Å². The Kier molecular flexibility index (Phi) is 3.16. The fraction of sp³-hybridized carbons (Fsp3) is 0.364. The van der Waals surface area contributed by atoms with Crippen molar-refractivity contribution in [1.29, 1.82) is 0 Å². The number of anilines is 1. The van der Waals surface area contributed by atoms with Crippen molar-refractivity contribution in [2.24, 2.45) is 5.73 Å². The molecule has 1 aromatic rings. The topological polar surface area (TPSA) is 55.6 Å². The van der Waals surface area contributed by atoms with Gasteiger partial charge in [-0.1, -0.05) is 22.0 Å². The summed E-state index contributed by atoms with van der Waals surface area (Å²) < 4.78 is 5.52. The van der Waals surface area contributed by atoms with Crippen molar-refractivity contribution >= 4 is 27.5 Å². The van der Waals surface area contributed by atoms with Crippen LogP contribution in [0.3, 0.4) is 0 Å². The minimum Gasteiger partial charge on any atom is -0.479 e. The van der Waals surface area contributed by atoms with Crippen LogP contribution in [0.1, 0.15) is 12.5 Å². The zero-order valence-corrected chi connectivity index (χ0v) is 10.5. The molecule has 0 saturated heterocycles. The summed E-state index contributed by atoms with van der Waals surface area (Å²) in [6.07, 6.45) is -0.436. The van der Waals surface area contributed by atoms with Crippen LogP contribution in [-0.4, -0.2) is 17.5 Å². The van der Waals surface area contributed by atoms with Crippen LogP contribution < -0.4 is 15.4 Å². The van der Waals surface area contributed by atoms with Crippen LogP contribution in [0, 0.1) is 0 Å². The molecule has 5 heteroatoms. The Morgan fingerprint density at radius 3 is 2.94 bits per heavy atom. The first-order chi connectivity index (χ1) is 7.67. The van der Waals surface area contributed by atoms with Gasteiger partial charge in [-0.25, -0.2) is 0 Å². The van der Waals surface area contributed by atoms with Crippen molar-refractivity contribution < 1.29 is 9.53 Å². The van der Waals surface area contributed by atoms with E-state index in [1.165, 1.54) is 0 Å². The van der Waals surface area contributed by atoms with Gasteiger partial charge in [0.25, 0.3) is 5.91 Å². The Morgan fingerprint density at radius 1 is 1.56 bits per heavy atom. The molecule has 1 aliphatic heterocycles. The lowest BCUT2D eigenvalue weighted by Crippen LogP contribution is -2.43. The number of carbonyl (C=O) groups excluding carboxylic acids is 1. The SMILES string of the molecule is CC1Oc2ccc(CN)cc2N(CBr)C1=O. The van der Waals surface area contributed by atoms with Crippen LogP contribution in [0.5, 0.6) is 5.75 Å². The largest absolute Gasteiger partial charge is 0.479 e. The summed E-state index contributed by atoms with van der Waals surface area (Å²) in [5, 5.41) is 0. The fourth-order valence-electron chi connectivity index (χ4n) is 1.70. The molecule has 1 aromatic carbocycles. The molecule has 2 N–H and O–H groups in total. The third-order valence-electron chi connectivity index (χ3n) is 2.59. The number of fused-ring (bicyclic) bond motifs is 1. The summed E-state index contributed by atoms with van der Waals surface area (Å²) in [7, 11) is 0. The molecular weight excluding hydrogens is 272 g/mol. The van der Waals surface area contributed by atoms with Crippen LogP contribution >= 0.6 is 15.9 Å². The molecule has 4 nitrogen and oxygen atoms in total. The number of hydrogen-bond donors (Lipinski definition) is 1. The van der Waals surface area contributed by atoms with Gasteiger partial charge in [0.15, 0.2) is 6.10 Å². The fourth-order valence-corrected chi connectivity index (χ4v) is 2.22. The van der Waals surface area contributed by atoms with Gasteiger partial charge in [0.1, 0.15) is 5.75 Å². The molecule has 1 aliphatic rings. The highest BCUT2D eigenvalue weighted by Gasteiger charge is 2.30. The van der Waals surface area contributed by atoms with Gasteiger partial charge in [0.2, 0.25) is 0 Å². The molecule has 0 spiro atoms. The number of amides is 1. The molecular formula is C11H13BrN2O2. The second kappa shape index (κ2) is 4.43. The van der Waals surface area contributed by atoms with E-state index in [1.54, 1.807) is 11.8 Å². The van der Waals surface area contributed by atoms with Crippen LogP contribution in [0.25, 0.3) is 0 Å². The monoisotopic (exact) mass is 284 g/mol. The number of carbonyl (C=O) groups is 1. The van der Waals surface area contributed by atoms with E-state index in [0.29, 0.717) is 12.0 Å². The standard InChI is InChI=1S/C11H13BrN2O2/c1-7-11(15)14(6-12)9-4-8(5-13)2-3-10(9)16-7/h2-4,7H,5-6,13H2,1H3. The van der Waals surface area contributed by atoms with Gasteiger partial charge in [-0.2, -0.15) is 0 Å². The summed E-state index contributed by atoms with van der Waals surface area (Å²) in [6.45, 7) is 2.20. The van der Waals surface area contributed by atoms with Gasteiger partial charge >= 0.3 is 0 Å². The first-order valence-corrected chi connectivity index (χ1v) is 6.16. The number of rotatable bonds is 2. The maximum absolute atomic E-state index is 11.9. The molecule has 0 aromatic heterocycles. The smallest absolute Gasteiger partial charge is 0.268 e. The van der Waals surface area contributed by atoms with E-state index in [4.69, 9.17) is 10.5 Å². The highest BCUT2D eigenvalue weighted by atomic mass is 79.9. The summed E-state index contributed by atoms with van der Waals surface area (Å²) in [5.74, 6) is 0.683. The molecule has 1 atom stereocenters. The second-order valence-corrected chi connectivity index (χ2v) is 4.15. The number of halogens is 1. The highest BCUT2D eigenvalue weighted by Crippen LogP contribution is 2.35. The first kappa shape index (κ1) is 11.4. The maximum Gasteiger partial charge on any atom is 0.268 e. The molecule has 2 rings (SSSR count). The number of hydrogen-bond acceptors (Lipinski definition) is 3. The van der Waals surface area contributed by atoms with E-state index in [1.807, 2.05) is 18.2 Å². The predicted octanol–water partition coefficient (Wildman–Crippen LogP) is 1.61. The van der Waals surface area contributed by atoms with E-state index in [9.17, 15) is 4.79 Å². The number of ether oxygens (including phenoxy) is 1. The zero-order valence-electron chi connectivity index (χ0n) is 8.94. The third kappa shape index (κ3) is 1.81. The Hall–Kier alpha value is -1.07. The summed E-state index contributed by atoms with van der Waals surface area (Å²) in [5.41, 5.74) is 7.80. The van der Waals surface area contributed by atoms with E-state index >= 15 is 0 Å². The normalized spacial score (nSPS) is 19.3. The van der Waals surface area contributed by atoms with Crippen molar-refractivity contribution in [3.63, 3.8) is 0 Å². The average Bonchev–Trinajstić information content (AvgIpc) is 2.30. The minimum atomic E-state index is -0.436. The van der Waals surface area contributed by atoms with Crippen molar-refractivity contribution in [1.82, 2.24) is 0 Å². The highest BCUT2D eigenvalue weighted by molar-refractivity contribution is 9.09. The number of benzene rings is 1. The molecule has 86 valence electrons. The van der Waals surface area contributed by atoms with Crippen molar-refractivity contribution in [2.75, 3.05) is 10.4 Å². The van der Waals surface area contributed by atoms with Crippen molar-refractivity contribution in [3.05, 3.63) is 23.8 Å². The number of nitrogens with zero attached hydrogens (tertiary/aromatic N) is 1. The van der Waals surface area contributed by atoms with Gasteiger partial charge in [-0.05, 0) is 24.6 Å². The molecule has 1 unspecified atom stereocenters. The summed E-state index contributed by atoms with van der Waals surface area (Å²) in [4.78, 5) is 13.5. The Balaban J connectivity index is 2.48. The first-order valence-electron chi connectivity index (χ1n) is 5.04. The van der Waals surface area contributed by atoms with Crippen LogP contribution in [0.2, 0.25) is 0 Å². The Labute approximate surface area is 102 Å². The van der Waals surface area contributed by atoms with E-state index in [0.717, 1.165) is 17.0 Å². The van der Waals surface area contributed by atoms with Crippen molar-refractivity contribution in [3.8, 4) is 5.75 Å². The van der Waals surface area contributed by atoms with Crippen molar-refractivity contribution in [2.45, 2.75) is 19.6 Å². The summed E-state index contributed by atoms with van der Waals surface area (Å²) in [6, 6.07) is 5.66. The molecule has 0 radical (unpaired) electrons. The lowest BCUT2D eigenvalue weighted by atomic mass is 10.1. The van der Waals surface area contributed by atoms with Crippen LogP contribution in [-0.2, 0) is 11.3 Å². The van der Waals surface area contributed by atoms with Gasteiger partial charge in [0.05, 0.1) is 11.1 Å². The van der Waals surface area contributed by atoms with Crippen LogP contribution in [0.15, 0.2) is 18.2 Å². The number of nitrogens with two attached hydrogens (primary N) is 1. The van der Waals surface area contributed by atoms with Crippen LogP contribution in [0.4, 0.5) is 5.69 Å². The molecule has 0 fully saturated rings. The molecule has 1 heterocycles. The molecule has 0 aliphatic carbocycles. The third-order valence-corrected chi connectivity index (χ3v) is 3.09. The lowest BCUT2D eigenvalue weighted by Gasteiger charge is -2.31. The Bertz CT molecular complexity index is 422. The van der Waals surface area contributed by atoms with Gasteiger partial charge < -0.3 is 10.5 Å². The zero-order chi connectivity index (χ0) is 11.7.